The lowest BCUT2D eigenvalue weighted by Crippen LogP contribution is -2.44. The molecule has 20 heavy (non-hydrogen) atoms. The molecule has 5 heteroatoms. The monoisotopic (exact) mass is 328 g/mol. The van der Waals surface area contributed by atoms with Crippen LogP contribution < -0.4 is 5.32 Å². The van der Waals surface area contributed by atoms with Gasteiger partial charge in [-0.3, -0.25) is 0 Å². The van der Waals surface area contributed by atoms with Crippen LogP contribution >= 0.6 is 35.0 Å². The van der Waals surface area contributed by atoms with Crippen LogP contribution in [0.15, 0.2) is 23.1 Å². The second kappa shape index (κ2) is 7.04. The average Bonchev–Trinajstić information content (AvgIpc) is 2.86. The summed E-state index contributed by atoms with van der Waals surface area (Å²) in [4.78, 5) is 1.02. The molecule has 1 N–H and O–H groups in total. The number of nitriles is 1. The third-order valence-electron chi connectivity index (χ3n) is 4.08. The van der Waals surface area contributed by atoms with Crippen LogP contribution in [0.25, 0.3) is 0 Å². The molecule has 0 aliphatic heterocycles. The van der Waals surface area contributed by atoms with Crippen molar-refractivity contribution in [3.63, 3.8) is 0 Å². The molecule has 0 bridgehead atoms. The van der Waals surface area contributed by atoms with Crippen molar-refractivity contribution < 1.29 is 0 Å². The lowest BCUT2D eigenvalue weighted by molar-refractivity contribution is 0.332. The predicted molar refractivity (Wildman–Crippen MR) is 86.5 cm³/mol. The van der Waals surface area contributed by atoms with Crippen molar-refractivity contribution in [2.45, 2.75) is 36.1 Å². The topological polar surface area (TPSA) is 35.8 Å². The maximum Gasteiger partial charge on any atom is 0.109 e. The van der Waals surface area contributed by atoms with Crippen molar-refractivity contribution in [3.8, 4) is 6.07 Å². The fourth-order valence-electron chi connectivity index (χ4n) is 2.90. The maximum atomic E-state index is 9.43. The van der Waals surface area contributed by atoms with Gasteiger partial charge in [-0.25, -0.2) is 0 Å². The zero-order valence-electron chi connectivity index (χ0n) is 11.5. The van der Waals surface area contributed by atoms with Gasteiger partial charge in [-0.2, -0.15) is 5.26 Å². The average molecular weight is 329 g/mol. The number of halogens is 2. The minimum atomic E-state index is -0.335. The van der Waals surface area contributed by atoms with Gasteiger partial charge in [0.15, 0.2) is 0 Å². The van der Waals surface area contributed by atoms with Crippen LogP contribution in [0.5, 0.6) is 0 Å². The summed E-state index contributed by atoms with van der Waals surface area (Å²) in [5, 5.41) is 14.1. The minimum absolute atomic E-state index is 0.335. The lowest BCUT2D eigenvalue weighted by Gasteiger charge is -2.28. The van der Waals surface area contributed by atoms with Gasteiger partial charge >= 0.3 is 0 Å². The summed E-state index contributed by atoms with van der Waals surface area (Å²) < 4.78 is 0. The summed E-state index contributed by atoms with van der Waals surface area (Å²) in [6, 6.07) is 8.01. The summed E-state index contributed by atoms with van der Waals surface area (Å²) >= 11 is 13.9. The molecule has 0 aromatic heterocycles. The molecule has 1 aromatic carbocycles. The number of benzene rings is 1. The standard InChI is InChI=1S/C15H18Cl2N2S/c1-19-15(10-18)7-2-3-11(15)6-8-20-14-9-12(16)4-5-13(14)17/h4-5,9,11,19H,2-3,6-8H2,1H3. The van der Waals surface area contributed by atoms with Gasteiger partial charge in [-0.05, 0) is 56.2 Å². The predicted octanol–water partition coefficient (Wildman–Crippen LogP) is 4.76. The fourth-order valence-corrected chi connectivity index (χ4v) is 4.46. The van der Waals surface area contributed by atoms with E-state index in [-0.39, 0.29) is 5.54 Å². The number of hydrogen-bond donors (Lipinski definition) is 1. The van der Waals surface area contributed by atoms with Gasteiger partial charge in [0.05, 0.1) is 11.1 Å². The van der Waals surface area contributed by atoms with E-state index in [1.165, 1.54) is 0 Å². The molecule has 0 spiro atoms. The van der Waals surface area contributed by atoms with E-state index in [2.05, 4.69) is 11.4 Å². The van der Waals surface area contributed by atoms with Crippen molar-refractivity contribution in [2.75, 3.05) is 12.8 Å². The molecule has 0 saturated heterocycles. The lowest BCUT2D eigenvalue weighted by atomic mass is 9.87. The van der Waals surface area contributed by atoms with Crippen molar-refractivity contribution in [1.82, 2.24) is 5.32 Å². The Morgan fingerprint density at radius 3 is 3.00 bits per heavy atom. The molecule has 0 heterocycles. The normalized spacial score (nSPS) is 25.6. The summed E-state index contributed by atoms with van der Waals surface area (Å²) in [5.74, 6) is 1.37. The molecule has 108 valence electrons. The highest BCUT2D eigenvalue weighted by Crippen LogP contribution is 2.39. The fraction of sp³-hybridized carbons (Fsp3) is 0.533. The van der Waals surface area contributed by atoms with Crippen LogP contribution in [0.2, 0.25) is 10.0 Å². The van der Waals surface area contributed by atoms with Gasteiger partial charge in [-0.1, -0.05) is 29.6 Å². The van der Waals surface area contributed by atoms with Gasteiger partial charge in [0, 0.05) is 9.92 Å². The first-order valence-corrected chi connectivity index (χ1v) is 8.53. The summed E-state index contributed by atoms with van der Waals surface area (Å²) in [6.45, 7) is 0. The molecular weight excluding hydrogens is 311 g/mol. The van der Waals surface area contributed by atoms with Gasteiger partial charge in [-0.15, -0.1) is 11.8 Å². The Labute approximate surface area is 134 Å². The zero-order chi connectivity index (χ0) is 14.6. The summed E-state index contributed by atoms with van der Waals surface area (Å²) in [7, 11) is 1.89. The molecule has 1 aromatic rings. The number of rotatable bonds is 5. The quantitative estimate of drug-likeness (QED) is 0.791. The van der Waals surface area contributed by atoms with E-state index in [9.17, 15) is 5.26 Å². The molecule has 1 fully saturated rings. The van der Waals surface area contributed by atoms with Gasteiger partial charge < -0.3 is 5.32 Å². The summed E-state index contributed by atoms with van der Waals surface area (Å²) in [5.41, 5.74) is -0.335. The number of nitrogens with one attached hydrogen (secondary N) is 1. The van der Waals surface area contributed by atoms with E-state index in [0.717, 1.165) is 41.4 Å². The second-order valence-corrected chi connectivity index (χ2v) is 7.11. The summed E-state index contributed by atoms with van der Waals surface area (Å²) in [6.07, 6.45) is 4.22. The van der Waals surface area contributed by atoms with Gasteiger partial charge in [0.1, 0.15) is 5.54 Å². The minimum Gasteiger partial charge on any atom is -0.302 e. The molecule has 1 saturated carbocycles. The first-order valence-electron chi connectivity index (χ1n) is 6.79. The largest absolute Gasteiger partial charge is 0.302 e. The van der Waals surface area contributed by atoms with E-state index < -0.39 is 0 Å². The molecule has 0 amide bonds. The Morgan fingerprint density at radius 1 is 1.50 bits per heavy atom. The van der Waals surface area contributed by atoms with Gasteiger partial charge in [0.2, 0.25) is 0 Å². The van der Waals surface area contributed by atoms with Crippen LogP contribution in [0.3, 0.4) is 0 Å². The number of nitrogens with zero attached hydrogens (tertiary/aromatic N) is 1. The van der Waals surface area contributed by atoms with Crippen molar-refractivity contribution in [3.05, 3.63) is 28.2 Å². The molecule has 1 aliphatic rings. The van der Waals surface area contributed by atoms with Gasteiger partial charge in [0.25, 0.3) is 0 Å². The molecule has 2 rings (SSSR count). The Bertz CT molecular complexity index is 515. The second-order valence-electron chi connectivity index (χ2n) is 5.13. The van der Waals surface area contributed by atoms with Crippen LogP contribution in [0, 0.1) is 17.2 Å². The SMILES string of the molecule is CNC1(C#N)CCCC1CCSc1cc(Cl)ccc1Cl. The third kappa shape index (κ3) is 3.43. The van der Waals surface area contributed by atoms with Crippen molar-refractivity contribution in [1.29, 1.82) is 5.26 Å². The first-order chi connectivity index (χ1) is 9.61. The molecule has 1 aliphatic carbocycles. The van der Waals surface area contributed by atoms with Crippen molar-refractivity contribution in [2.24, 2.45) is 5.92 Å². The highest BCUT2D eigenvalue weighted by molar-refractivity contribution is 7.99. The highest BCUT2D eigenvalue weighted by Gasteiger charge is 2.41. The van der Waals surface area contributed by atoms with Crippen LogP contribution in [-0.2, 0) is 0 Å². The molecule has 0 radical (unpaired) electrons. The van der Waals surface area contributed by atoms with E-state index in [1.807, 2.05) is 19.2 Å². The van der Waals surface area contributed by atoms with Crippen LogP contribution in [0.1, 0.15) is 25.7 Å². The number of hydrogen-bond acceptors (Lipinski definition) is 3. The Hall–Kier alpha value is -0.400. The Morgan fingerprint density at radius 2 is 2.30 bits per heavy atom. The van der Waals surface area contributed by atoms with Crippen LogP contribution in [0.4, 0.5) is 0 Å². The van der Waals surface area contributed by atoms with Crippen molar-refractivity contribution >= 4 is 35.0 Å². The Kier molecular flexibility index (Phi) is 5.63. The van der Waals surface area contributed by atoms with Crippen LogP contribution in [-0.4, -0.2) is 18.3 Å². The Balaban J connectivity index is 1.93. The first kappa shape index (κ1) is 16.0. The molecular formula is C15H18Cl2N2S. The molecule has 2 nitrogen and oxygen atoms in total. The zero-order valence-corrected chi connectivity index (χ0v) is 13.8. The van der Waals surface area contributed by atoms with E-state index in [4.69, 9.17) is 23.2 Å². The maximum absolute atomic E-state index is 9.43. The number of thioether (sulfide) groups is 1. The molecule has 2 unspecified atom stereocenters. The third-order valence-corrected chi connectivity index (χ3v) is 5.85. The highest BCUT2D eigenvalue weighted by atomic mass is 35.5. The smallest absolute Gasteiger partial charge is 0.109 e. The van der Waals surface area contributed by atoms with E-state index >= 15 is 0 Å². The van der Waals surface area contributed by atoms with E-state index in [1.54, 1.807) is 17.8 Å². The van der Waals surface area contributed by atoms with E-state index in [0.29, 0.717) is 10.9 Å². The molecule has 2 atom stereocenters.